The van der Waals surface area contributed by atoms with Crippen molar-refractivity contribution in [1.29, 1.82) is 0 Å². The maximum absolute atomic E-state index is 11.5. The number of para-hydroxylation sites is 2. The molecular formula is C19H19N3O4. The number of oxazole rings is 1. The molecule has 1 aromatic heterocycles. The fourth-order valence-electron chi connectivity index (χ4n) is 3.37. The van der Waals surface area contributed by atoms with Crippen molar-refractivity contribution in [2.24, 2.45) is 0 Å². The molecule has 7 heteroatoms. The van der Waals surface area contributed by atoms with Crippen molar-refractivity contribution >= 4 is 22.5 Å². The highest BCUT2D eigenvalue weighted by Crippen LogP contribution is 2.33. The first-order valence-corrected chi connectivity index (χ1v) is 8.69. The molecule has 4 rings (SSSR count). The second kappa shape index (κ2) is 6.76. The molecule has 0 unspecified atom stereocenters. The van der Waals surface area contributed by atoms with Crippen LogP contribution in [0.4, 0.5) is 11.4 Å². The van der Waals surface area contributed by atoms with Gasteiger partial charge in [-0.05, 0) is 49.9 Å². The van der Waals surface area contributed by atoms with Crippen LogP contribution in [-0.4, -0.2) is 27.2 Å². The minimum Gasteiger partial charge on any atom is -0.436 e. The van der Waals surface area contributed by atoms with Crippen molar-refractivity contribution < 1.29 is 14.4 Å². The Hall–Kier alpha value is -2.93. The predicted octanol–water partition coefficient (Wildman–Crippen LogP) is 4.12. The van der Waals surface area contributed by atoms with Crippen LogP contribution in [0.1, 0.15) is 25.7 Å². The Morgan fingerprint density at radius 2 is 1.92 bits per heavy atom. The minimum atomic E-state index is -0.397. The van der Waals surface area contributed by atoms with Gasteiger partial charge in [-0.1, -0.05) is 12.1 Å². The smallest absolute Gasteiger partial charge is 0.293 e. The SMILES string of the molecule is O=[N+]([O-])c1cc(-c2nc3ccccc3o2)ccc1NC1CCC(O)CC1. The van der Waals surface area contributed by atoms with E-state index >= 15 is 0 Å². The quantitative estimate of drug-likeness (QED) is 0.540. The zero-order chi connectivity index (χ0) is 18.1. The Labute approximate surface area is 149 Å². The van der Waals surface area contributed by atoms with Gasteiger partial charge in [0, 0.05) is 17.7 Å². The van der Waals surface area contributed by atoms with Gasteiger partial charge in [0.2, 0.25) is 5.89 Å². The largest absolute Gasteiger partial charge is 0.436 e. The van der Waals surface area contributed by atoms with Crippen LogP contribution in [0.3, 0.4) is 0 Å². The lowest BCUT2D eigenvalue weighted by molar-refractivity contribution is -0.383. The maximum atomic E-state index is 11.5. The molecular weight excluding hydrogens is 334 g/mol. The summed E-state index contributed by atoms with van der Waals surface area (Å²) in [5.74, 6) is 0.363. The average molecular weight is 353 g/mol. The van der Waals surface area contributed by atoms with Crippen LogP contribution in [0.2, 0.25) is 0 Å². The van der Waals surface area contributed by atoms with Crippen molar-refractivity contribution in [3.05, 3.63) is 52.6 Å². The van der Waals surface area contributed by atoms with Gasteiger partial charge in [-0.2, -0.15) is 0 Å². The summed E-state index contributed by atoms with van der Waals surface area (Å²) in [5, 5.41) is 24.4. The summed E-state index contributed by atoms with van der Waals surface area (Å²) in [7, 11) is 0. The number of aliphatic hydroxyl groups excluding tert-OH is 1. The molecule has 3 aromatic rings. The third kappa shape index (κ3) is 3.25. The number of anilines is 1. The van der Waals surface area contributed by atoms with E-state index in [4.69, 9.17) is 4.42 Å². The highest BCUT2D eigenvalue weighted by Gasteiger charge is 2.23. The van der Waals surface area contributed by atoms with E-state index in [2.05, 4.69) is 10.3 Å². The van der Waals surface area contributed by atoms with Crippen LogP contribution >= 0.6 is 0 Å². The number of fused-ring (bicyclic) bond motifs is 1. The fraction of sp³-hybridized carbons (Fsp3) is 0.316. The molecule has 0 aliphatic heterocycles. The number of hydrogen-bond donors (Lipinski definition) is 2. The number of nitro groups is 1. The molecule has 0 atom stereocenters. The third-order valence-corrected chi connectivity index (χ3v) is 4.79. The average Bonchev–Trinajstić information content (AvgIpc) is 3.08. The normalized spacial score (nSPS) is 20.2. The Bertz CT molecular complexity index is 912. The maximum Gasteiger partial charge on any atom is 0.293 e. The summed E-state index contributed by atoms with van der Waals surface area (Å²) in [6, 6.07) is 12.5. The molecule has 7 nitrogen and oxygen atoms in total. The van der Waals surface area contributed by atoms with E-state index in [1.165, 1.54) is 6.07 Å². The van der Waals surface area contributed by atoms with Gasteiger partial charge in [-0.3, -0.25) is 10.1 Å². The van der Waals surface area contributed by atoms with Crippen molar-refractivity contribution in [2.45, 2.75) is 37.8 Å². The molecule has 1 aliphatic rings. The van der Waals surface area contributed by atoms with Crippen molar-refractivity contribution in [1.82, 2.24) is 4.98 Å². The molecule has 134 valence electrons. The summed E-state index contributed by atoms with van der Waals surface area (Å²) < 4.78 is 5.71. The lowest BCUT2D eigenvalue weighted by Crippen LogP contribution is -2.28. The van der Waals surface area contributed by atoms with E-state index in [0.717, 1.165) is 12.8 Å². The number of nitrogens with one attached hydrogen (secondary N) is 1. The summed E-state index contributed by atoms with van der Waals surface area (Å²) in [6.07, 6.45) is 2.76. The molecule has 0 amide bonds. The molecule has 26 heavy (non-hydrogen) atoms. The highest BCUT2D eigenvalue weighted by atomic mass is 16.6. The van der Waals surface area contributed by atoms with Gasteiger partial charge in [0.25, 0.3) is 5.69 Å². The number of rotatable bonds is 4. The second-order valence-electron chi connectivity index (χ2n) is 6.63. The molecule has 2 aromatic carbocycles. The highest BCUT2D eigenvalue weighted by molar-refractivity contribution is 5.77. The first-order valence-electron chi connectivity index (χ1n) is 8.69. The van der Waals surface area contributed by atoms with Crippen molar-refractivity contribution in [3.8, 4) is 11.5 Å². The predicted molar refractivity (Wildman–Crippen MR) is 98.0 cm³/mol. The Morgan fingerprint density at radius 1 is 1.15 bits per heavy atom. The zero-order valence-corrected chi connectivity index (χ0v) is 14.1. The molecule has 1 heterocycles. The van der Waals surface area contributed by atoms with Gasteiger partial charge < -0.3 is 14.8 Å². The van der Waals surface area contributed by atoms with Crippen LogP contribution in [0.15, 0.2) is 46.9 Å². The Kier molecular flexibility index (Phi) is 4.30. The van der Waals surface area contributed by atoms with E-state index in [-0.39, 0.29) is 17.8 Å². The van der Waals surface area contributed by atoms with Gasteiger partial charge in [0.15, 0.2) is 5.58 Å². The van der Waals surface area contributed by atoms with Crippen LogP contribution in [0, 0.1) is 10.1 Å². The first kappa shape index (κ1) is 16.5. The molecule has 2 N–H and O–H groups in total. The first-order chi connectivity index (χ1) is 12.6. The molecule has 0 bridgehead atoms. The van der Waals surface area contributed by atoms with Crippen LogP contribution in [0.25, 0.3) is 22.6 Å². The van der Waals surface area contributed by atoms with Crippen molar-refractivity contribution in [3.63, 3.8) is 0 Å². The van der Waals surface area contributed by atoms with Crippen LogP contribution in [0.5, 0.6) is 0 Å². The Morgan fingerprint density at radius 3 is 2.65 bits per heavy atom. The van der Waals surface area contributed by atoms with E-state index in [1.807, 2.05) is 24.3 Å². The monoisotopic (exact) mass is 353 g/mol. The number of aliphatic hydroxyl groups is 1. The van der Waals surface area contributed by atoms with E-state index < -0.39 is 4.92 Å². The van der Waals surface area contributed by atoms with E-state index in [1.54, 1.807) is 12.1 Å². The van der Waals surface area contributed by atoms with Crippen molar-refractivity contribution in [2.75, 3.05) is 5.32 Å². The molecule has 0 saturated heterocycles. The number of aromatic nitrogens is 1. The minimum absolute atomic E-state index is 0.00382. The number of benzene rings is 2. The van der Waals surface area contributed by atoms with Gasteiger partial charge >= 0.3 is 0 Å². The summed E-state index contributed by atoms with van der Waals surface area (Å²) in [6.45, 7) is 0. The second-order valence-corrected chi connectivity index (χ2v) is 6.63. The standard InChI is InChI=1S/C19H19N3O4/c23-14-8-6-13(7-9-14)20-15-10-5-12(11-17(15)22(24)25)19-21-16-3-1-2-4-18(16)26-19/h1-5,10-11,13-14,20,23H,6-9H2. The van der Waals surface area contributed by atoms with Crippen LogP contribution < -0.4 is 5.32 Å². The fourth-order valence-corrected chi connectivity index (χ4v) is 3.37. The number of hydrogen-bond acceptors (Lipinski definition) is 6. The third-order valence-electron chi connectivity index (χ3n) is 4.79. The zero-order valence-electron chi connectivity index (χ0n) is 14.1. The summed E-state index contributed by atoms with van der Waals surface area (Å²) in [4.78, 5) is 15.5. The number of nitrogens with zero attached hydrogens (tertiary/aromatic N) is 2. The number of nitro benzene ring substituents is 1. The van der Waals surface area contributed by atoms with Gasteiger partial charge in [-0.25, -0.2) is 4.98 Å². The molecule has 0 radical (unpaired) electrons. The van der Waals surface area contributed by atoms with Crippen LogP contribution in [-0.2, 0) is 0 Å². The lowest BCUT2D eigenvalue weighted by Gasteiger charge is -2.26. The van der Waals surface area contributed by atoms with Gasteiger partial charge in [-0.15, -0.1) is 0 Å². The molecule has 1 saturated carbocycles. The van der Waals surface area contributed by atoms with E-state index in [0.29, 0.717) is 41.1 Å². The van der Waals surface area contributed by atoms with Gasteiger partial charge in [0.05, 0.1) is 11.0 Å². The topological polar surface area (TPSA) is 101 Å². The van der Waals surface area contributed by atoms with E-state index in [9.17, 15) is 15.2 Å². The lowest BCUT2D eigenvalue weighted by atomic mass is 9.93. The molecule has 0 spiro atoms. The van der Waals surface area contributed by atoms with Gasteiger partial charge in [0.1, 0.15) is 11.2 Å². The summed E-state index contributed by atoms with van der Waals surface area (Å²) >= 11 is 0. The molecule has 1 fully saturated rings. The molecule has 1 aliphatic carbocycles. The summed E-state index contributed by atoms with van der Waals surface area (Å²) in [5.41, 5.74) is 2.41. The Balaban J connectivity index is 1.63.